The van der Waals surface area contributed by atoms with Crippen molar-refractivity contribution < 1.29 is 9.59 Å². The molecule has 1 aromatic heterocycles. The van der Waals surface area contributed by atoms with Gasteiger partial charge >= 0.3 is 0 Å². The number of rotatable bonds is 6. The molecule has 1 aromatic rings. The molecule has 19 heavy (non-hydrogen) atoms. The summed E-state index contributed by atoms with van der Waals surface area (Å²) in [5.74, 6) is -0.388. The molecule has 0 bridgehead atoms. The van der Waals surface area contributed by atoms with Crippen molar-refractivity contribution in [1.82, 2.24) is 14.8 Å². The molecular weight excluding hydrogens is 244 g/mol. The van der Waals surface area contributed by atoms with Crippen LogP contribution in [0.25, 0.3) is 0 Å². The number of aryl methyl sites for hydroxylation is 1. The SMILES string of the molecule is CCCn1cc(N)cc1C(=O)NCC(=O)N(C)CC. The number of carbonyl (C=O) groups excluding carboxylic acids is 2. The maximum atomic E-state index is 12.0. The second kappa shape index (κ2) is 6.82. The summed E-state index contributed by atoms with van der Waals surface area (Å²) in [6.07, 6.45) is 2.64. The van der Waals surface area contributed by atoms with Gasteiger partial charge in [-0.25, -0.2) is 0 Å². The van der Waals surface area contributed by atoms with Crippen LogP contribution in [-0.2, 0) is 11.3 Å². The summed E-state index contributed by atoms with van der Waals surface area (Å²) in [4.78, 5) is 25.2. The van der Waals surface area contributed by atoms with Gasteiger partial charge in [-0.15, -0.1) is 0 Å². The molecule has 2 amide bonds. The van der Waals surface area contributed by atoms with Gasteiger partial charge in [0.25, 0.3) is 5.91 Å². The van der Waals surface area contributed by atoms with Crippen LogP contribution in [0.4, 0.5) is 5.69 Å². The highest BCUT2D eigenvalue weighted by Crippen LogP contribution is 2.11. The van der Waals surface area contributed by atoms with Gasteiger partial charge in [-0.05, 0) is 19.4 Å². The monoisotopic (exact) mass is 266 g/mol. The Morgan fingerprint density at radius 3 is 2.68 bits per heavy atom. The van der Waals surface area contributed by atoms with Gasteiger partial charge in [0, 0.05) is 26.3 Å². The standard InChI is InChI=1S/C13H22N4O2/c1-4-6-17-9-10(14)7-11(17)13(19)15-8-12(18)16(3)5-2/h7,9H,4-6,8,14H2,1-3H3,(H,15,19). The van der Waals surface area contributed by atoms with Gasteiger partial charge in [0.15, 0.2) is 0 Å². The molecule has 0 unspecified atom stereocenters. The second-order valence-electron chi connectivity index (χ2n) is 4.44. The van der Waals surface area contributed by atoms with E-state index >= 15 is 0 Å². The van der Waals surface area contributed by atoms with Crippen molar-refractivity contribution in [3.8, 4) is 0 Å². The molecule has 0 fully saturated rings. The lowest BCUT2D eigenvalue weighted by Crippen LogP contribution is -2.38. The van der Waals surface area contributed by atoms with Crippen molar-refractivity contribution in [3.05, 3.63) is 18.0 Å². The third-order valence-electron chi connectivity index (χ3n) is 2.92. The van der Waals surface area contributed by atoms with Crippen LogP contribution in [0.1, 0.15) is 30.8 Å². The zero-order valence-electron chi connectivity index (χ0n) is 11.8. The first-order chi connectivity index (χ1) is 8.99. The van der Waals surface area contributed by atoms with Crippen LogP contribution in [0.15, 0.2) is 12.3 Å². The molecule has 106 valence electrons. The van der Waals surface area contributed by atoms with E-state index in [1.165, 1.54) is 0 Å². The van der Waals surface area contributed by atoms with Crippen LogP contribution in [0, 0.1) is 0 Å². The number of nitrogens with zero attached hydrogens (tertiary/aromatic N) is 2. The van der Waals surface area contributed by atoms with Crippen molar-refractivity contribution in [2.45, 2.75) is 26.8 Å². The Hall–Kier alpha value is -1.98. The number of hydrogen-bond acceptors (Lipinski definition) is 3. The second-order valence-corrected chi connectivity index (χ2v) is 4.44. The van der Waals surface area contributed by atoms with Crippen LogP contribution in [0.5, 0.6) is 0 Å². The minimum atomic E-state index is -0.275. The van der Waals surface area contributed by atoms with E-state index < -0.39 is 0 Å². The number of amides is 2. The number of aromatic nitrogens is 1. The van der Waals surface area contributed by atoms with E-state index in [-0.39, 0.29) is 18.4 Å². The molecule has 3 N–H and O–H groups in total. The molecule has 0 aliphatic carbocycles. The van der Waals surface area contributed by atoms with Gasteiger partial charge < -0.3 is 20.5 Å². The molecule has 6 nitrogen and oxygen atoms in total. The number of nitrogens with two attached hydrogens (primary N) is 1. The molecule has 0 radical (unpaired) electrons. The topological polar surface area (TPSA) is 80.4 Å². The van der Waals surface area contributed by atoms with Crippen molar-refractivity contribution in [2.75, 3.05) is 25.9 Å². The Morgan fingerprint density at radius 1 is 1.42 bits per heavy atom. The Bertz CT molecular complexity index is 453. The molecule has 0 saturated carbocycles. The van der Waals surface area contributed by atoms with E-state index in [2.05, 4.69) is 5.32 Å². The highest BCUT2D eigenvalue weighted by Gasteiger charge is 2.14. The molecule has 0 aliphatic rings. The van der Waals surface area contributed by atoms with Crippen molar-refractivity contribution in [1.29, 1.82) is 0 Å². The number of anilines is 1. The van der Waals surface area contributed by atoms with Crippen molar-refractivity contribution in [3.63, 3.8) is 0 Å². The van der Waals surface area contributed by atoms with Gasteiger partial charge in [-0.3, -0.25) is 9.59 Å². The minimum absolute atomic E-state index is 0.000380. The summed E-state index contributed by atoms with van der Waals surface area (Å²) in [7, 11) is 1.70. The number of hydrogen-bond donors (Lipinski definition) is 2. The summed E-state index contributed by atoms with van der Waals surface area (Å²) in [5.41, 5.74) is 6.74. The van der Waals surface area contributed by atoms with E-state index in [1.54, 1.807) is 28.8 Å². The number of likely N-dealkylation sites (N-methyl/N-ethyl adjacent to an activating group) is 1. The van der Waals surface area contributed by atoms with Crippen LogP contribution in [-0.4, -0.2) is 41.4 Å². The molecule has 1 rings (SSSR count). The van der Waals surface area contributed by atoms with E-state index in [9.17, 15) is 9.59 Å². The highest BCUT2D eigenvalue weighted by molar-refractivity contribution is 5.96. The Labute approximate surface area is 113 Å². The quantitative estimate of drug-likeness (QED) is 0.795. The Kier molecular flexibility index (Phi) is 5.41. The largest absolute Gasteiger partial charge is 0.397 e. The fourth-order valence-corrected chi connectivity index (χ4v) is 1.71. The van der Waals surface area contributed by atoms with Crippen LogP contribution >= 0.6 is 0 Å². The lowest BCUT2D eigenvalue weighted by molar-refractivity contribution is -0.128. The summed E-state index contributed by atoms with van der Waals surface area (Å²) in [5, 5.41) is 2.62. The smallest absolute Gasteiger partial charge is 0.268 e. The van der Waals surface area contributed by atoms with Gasteiger partial charge in [-0.2, -0.15) is 0 Å². The molecule has 6 heteroatoms. The summed E-state index contributed by atoms with van der Waals surface area (Å²) in [6, 6.07) is 1.62. The van der Waals surface area contributed by atoms with Crippen molar-refractivity contribution in [2.24, 2.45) is 0 Å². The van der Waals surface area contributed by atoms with Gasteiger partial charge in [0.2, 0.25) is 5.91 Å². The fourth-order valence-electron chi connectivity index (χ4n) is 1.71. The maximum absolute atomic E-state index is 12.0. The van der Waals surface area contributed by atoms with Crippen LogP contribution < -0.4 is 11.1 Å². The van der Waals surface area contributed by atoms with Crippen molar-refractivity contribution >= 4 is 17.5 Å². The first-order valence-corrected chi connectivity index (χ1v) is 6.47. The minimum Gasteiger partial charge on any atom is -0.397 e. The van der Waals surface area contributed by atoms with Crippen LogP contribution in [0.3, 0.4) is 0 Å². The van der Waals surface area contributed by atoms with Gasteiger partial charge in [0.1, 0.15) is 5.69 Å². The lowest BCUT2D eigenvalue weighted by atomic mass is 10.3. The molecule has 0 aliphatic heterocycles. The molecule has 0 atom stereocenters. The summed E-state index contributed by atoms with van der Waals surface area (Å²) >= 11 is 0. The zero-order chi connectivity index (χ0) is 14.4. The van der Waals surface area contributed by atoms with E-state index in [0.717, 1.165) is 13.0 Å². The third-order valence-corrected chi connectivity index (χ3v) is 2.92. The molecular formula is C13H22N4O2. The third kappa shape index (κ3) is 4.01. The van der Waals surface area contributed by atoms with Gasteiger partial charge in [-0.1, -0.05) is 6.92 Å². The Morgan fingerprint density at radius 2 is 2.11 bits per heavy atom. The maximum Gasteiger partial charge on any atom is 0.268 e. The zero-order valence-corrected chi connectivity index (χ0v) is 11.8. The molecule has 1 heterocycles. The average molecular weight is 266 g/mol. The van der Waals surface area contributed by atoms with Gasteiger partial charge in [0.05, 0.1) is 12.2 Å². The Balaban J connectivity index is 2.65. The fraction of sp³-hybridized carbons (Fsp3) is 0.538. The molecule has 0 aromatic carbocycles. The van der Waals surface area contributed by atoms with E-state index in [1.807, 2.05) is 13.8 Å². The predicted molar refractivity (Wildman–Crippen MR) is 74.8 cm³/mol. The lowest BCUT2D eigenvalue weighted by Gasteiger charge is -2.15. The summed E-state index contributed by atoms with van der Waals surface area (Å²) in [6.45, 7) is 5.25. The van der Waals surface area contributed by atoms with E-state index in [0.29, 0.717) is 17.9 Å². The average Bonchev–Trinajstić information content (AvgIpc) is 2.76. The number of nitrogen functional groups attached to an aromatic ring is 1. The number of carbonyl (C=O) groups is 2. The molecule has 0 spiro atoms. The normalized spacial score (nSPS) is 10.3. The first kappa shape index (κ1) is 15.1. The number of nitrogens with one attached hydrogen (secondary N) is 1. The molecule has 0 saturated heterocycles. The predicted octanol–water partition coefficient (Wildman–Crippen LogP) is 0.688. The highest BCUT2D eigenvalue weighted by atomic mass is 16.2. The van der Waals surface area contributed by atoms with Crippen LogP contribution in [0.2, 0.25) is 0 Å². The van der Waals surface area contributed by atoms with E-state index in [4.69, 9.17) is 5.73 Å². The first-order valence-electron chi connectivity index (χ1n) is 6.47. The summed E-state index contributed by atoms with van der Waals surface area (Å²) < 4.78 is 1.80.